The average Bonchev–Trinajstić information content (AvgIpc) is 3.10. The highest BCUT2D eigenvalue weighted by Crippen LogP contribution is 2.28. The quantitative estimate of drug-likeness (QED) is 0.666. The van der Waals surface area contributed by atoms with Crippen molar-refractivity contribution < 1.29 is 4.79 Å². The van der Waals surface area contributed by atoms with Crippen LogP contribution in [0.5, 0.6) is 0 Å². The SMILES string of the molecule is CC(C)(NC(=O)c1ccc(Cl)c(-c2cccc(Cl)c2)n1)c1nccs1. The smallest absolute Gasteiger partial charge is 0.270 e. The zero-order chi connectivity index (χ0) is 18.0. The number of rotatable bonds is 4. The van der Waals surface area contributed by atoms with Gasteiger partial charge in [0, 0.05) is 22.2 Å². The van der Waals surface area contributed by atoms with Gasteiger partial charge in [-0.3, -0.25) is 4.79 Å². The van der Waals surface area contributed by atoms with Gasteiger partial charge in [-0.2, -0.15) is 0 Å². The molecule has 4 nitrogen and oxygen atoms in total. The number of carbonyl (C=O) groups excluding carboxylic acids is 1. The minimum absolute atomic E-state index is 0.281. The minimum Gasteiger partial charge on any atom is -0.339 e. The fourth-order valence-corrected chi connectivity index (χ4v) is 3.46. The van der Waals surface area contributed by atoms with Crippen LogP contribution in [0.25, 0.3) is 11.3 Å². The molecular formula is C18H15Cl2N3OS. The van der Waals surface area contributed by atoms with E-state index in [-0.39, 0.29) is 11.6 Å². The van der Waals surface area contributed by atoms with E-state index in [1.54, 1.807) is 30.5 Å². The molecule has 0 aliphatic heterocycles. The zero-order valence-electron chi connectivity index (χ0n) is 13.6. The summed E-state index contributed by atoms with van der Waals surface area (Å²) in [6, 6.07) is 10.5. The molecule has 1 N–H and O–H groups in total. The maximum Gasteiger partial charge on any atom is 0.270 e. The van der Waals surface area contributed by atoms with Crippen LogP contribution in [0, 0.1) is 0 Å². The van der Waals surface area contributed by atoms with Crippen molar-refractivity contribution in [1.82, 2.24) is 15.3 Å². The maximum absolute atomic E-state index is 12.7. The van der Waals surface area contributed by atoms with Crippen molar-refractivity contribution in [3.63, 3.8) is 0 Å². The fraction of sp³-hybridized carbons (Fsp3) is 0.167. The molecule has 25 heavy (non-hydrogen) atoms. The first kappa shape index (κ1) is 17.9. The fourth-order valence-electron chi connectivity index (χ4n) is 2.34. The van der Waals surface area contributed by atoms with Crippen LogP contribution in [0.4, 0.5) is 0 Å². The van der Waals surface area contributed by atoms with Gasteiger partial charge in [0.15, 0.2) is 0 Å². The van der Waals surface area contributed by atoms with E-state index in [4.69, 9.17) is 23.2 Å². The predicted octanol–water partition coefficient (Wildman–Crippen LogP) is 5.18. The zero-order valence-corrected chi connectivity index (χ0v) is 15.9. The molecule has 1 aromatic carbocycles. The van der Waals surface area contributed by atoms with E-state index in [0.29, 0.717) is 15.7 Å². The van der Waals surface area contributed by atoms with Crippen molar-refractivity contribution in [2.45, 2.75) is 19.4 Å². The van der Waals surface area contributed by atoms with Gasteiger partial charge in [0.1, 0.15) is 10.7 Å². The van der Waals surface area contributed by atoms with E-state index >= 15 is 0 Å². The van der Waals surface area contributed by atoms with Gasteiger partial charge >= 0.3 is 0 Å². The van der Waals surface area contributed by atoms with Crippen molar-refractivity contribution in [1.29, 1.82) is 0 Å². The van der Waals surface area contributed by atoms with Crippen LogP contribution < -0.4 is 5.32 Å². The number of nitrogens with one attached hydrogen (secondary N) is 1. The summed E-state index contributed by atoms with van der Waals surface area (Å²) in [5.74, 6) is -0.292. The Kier molecular flexibility index (Phi) is 5.08. The second-order valence-electron chi connectivity index (χ2n) is 5.95. The lowest BCUT2D eigenvalue weighted by atomic mass is 10.1. The van der Waals surface area contributed by atoms with Gasteiger partial charge in [0.25, 0.3) is 5.91 Å². The van der Waals surface area contributed by atoms with Gasteiger partial charge in [0.05, 0.1) is 16.3 Å². The molecule has 0 unspecified atom stereocenters. The molecule has 7 heteroatoms. The van der Waals surface area contributed by atoms with E-state index in [0.717, 1.165) is 10.6 Å². The third-order valence-electron chi connectivity index (χ3n) is 3.57. The van der Waals surface area contributed by atoms with Crippen LogP contribution in [0.15, 0.2) is 48.0 Å². The Morgan fingerprint density at radius 1 is 1.20 bits per heavy atom. The molecule has 2 aromatic heterocycles. The second-order valence-corrected chi connectivity index (χ2v) is 7.69. The average molecular weight is 392 g/mol. The summed E-state index contributed by atoms with van der Waals surface area (Å²) in [5.41, 5.74) is 0.960. The molecule has 0 spiro atoms. The Balaban J connectivity index is 1.90. The topological polar surface area (TPSA) is 54.9 Å². The molecular weight excluding hydrogens is 377 g/mol. The first-order valence-electron chi connectivity index (χ1n) is 7.52. The lowest BCUT2D eigenvalue weighted by Gasteiger charge is -2.23. The Labute approximate surface area is 159 Å². The van der Waals surface area contributed by atoms with E-state index in [2.05, 4.69) is 15.3 Å². The molecule has 0 fully saturated rings. The monoisotopic (exact) mass is 391 g/mol. The molecule has 0 bridgehead atoms. The third kappa shape index (κ3) is 4.00. The number of carbonyl (C=O) groups is 1. The predicted molar refractivity (Wildman–Crippen MR) is 102 cm³/mol. The normalized spacial score (nSPS) is 11.4. The maximum atomic E-state index is 12.7. The number of amides is 1. The summed E-state index contributed by atoms with van der Waals surface area (Å²) >= 11 is 13.8. The molecule has 0 aliphatic carbocycles. The van der Waals surface area contributed by atoms with Gasteiger partial charge in [-0.05, 0) is 38.1 Å². The van der Waals surface area contributed by atoms with Crippen molar-refractivity contribution in [3.05, 3.63) is 68.7 Å². The molecule has 128 valence electrons. The van der Waals surface area contributed by atoms with Crippen LogP contribution in [0.2, 0.25) is 10.0 Å². The number of benzene rings is 1. The van der Waals surface area contributed by atoms with Crippen LogP contribution >= 0.6 is 34.5 Å². The van der Waals surface area contributed by atoms with Gasteiger partial charge in [-0.15, -0.1) is 11.3 Å². The van der Waals surface area contributed by atoms with Crippen molar-refractivity contribution in [2.75, 3.05) is 0 Å². The number of thiazole rings is 1. The lowest BCUT2D eigenvalue weighted by molar-refractivity contribution is 0.0907. The summed E-state index contributed by atoms with van der Waals surface area (Å²) in [4.78, 5) is 21.4. The van der Waals surface area contributed by atoms with E-state index in [1.165, 1.54) is 11.3 Å². The van der Waals surface area contributed by atoms with Crippen molar-refractivity contribution >= 4 is 40.4 Å². The summed E-state index contributed by atoms with van der Waals surface area (Å²) in [6.07, 6.45) is 1.71. The molecule has 2 heterocycles. The summed E-state index contributed by atoms with van der Waals surface area (Å²) in [7, 11) is 0. The Hall–Kier alpha value is -1.95. The lowest BCUT2D eigenvalue weighted by Crippen LogP contribution is -2.41. The largest absolute Gasteiger partial charge is 0.339 e. The van der Waals surface area contributed by atoms with E-state index < -0.39 is 5.54 Å². The molecule has 3 aromatic rings. The first-order valence-corrected chi connectivity index (χ1v) is 9.15. The molecule has 0 aliphatic rings. The third-order valence-corrected chi connectivity index (χ3v) is 5.21. The standard InChI is InChI=1S/C18H15Cl2N3OS/c1-18(2,17-21-8-9-25-17)23-16(24)14-7-6-13(20)15(22-14)11-4-3-5-12(19)10-11/h3-10H,1-2H3,(H,23,24). The van der Waals surface area contributed by atoms with Gasteiger partial charge < -0.3 is 5.32 Å². The minimum atomic E-state index is -0.594. The van der Waals surface area contributed by atoms with E-state index in [1.807, 2.05) is 31.4 Å². The molecule has 0 saturated carbocycles. The summed E-state index contributed by atoms with van der Waals surface area (Å²) in [5, 5.41) is 6.70. The summed E-state index contributed by atoms with van der Waals surface area (Å²) in [6.45, 7) is 3.80. The van der Waals surface area contributed by atoms with Crippen molar-refractivity contribution in [2.24, 2.45) is 0 Å². The van der Waals surface area contributed by atoms with Crippen molar-refractivity contribution in [3.8, 4) is 11.3 Å². The Bertz CT molecular complexity index is 910. The number of aromatic nitrogens is 2. The number of halogens is 2. The molecule has 1 amide bonds. The van der Waals surface area contributed by atoms with Gasteiger partial charge in [-0.25, -0.2) is 9.97 Å². The Morgan fingerprint density at radius 3 is 2.68 bits per heavy atom. The number of hydrogen-bond donors (Lipinski definition) is 1. The summed E-state index contributed by atoms with van der Waals surface area (Å²) < 4.78 is 0. The first-order chi connectivity index (χ1) is 11.9. The highest BCUT2D eigenvalue weighted by atomic mass is 35.5. The second kappa shape index (κ2) is 7.12. The number of hydrogen-bond acceptors (Lipinski definition) is 4. The van der Waals surface area contributed by atoms with Gasteiger partial charge in [-0.1, -0.05) is 35.3 Å². The molecule has 0 atom stereocenters. The number of pyridine rings is 1. The number of nitrogens with zero attached hydrogens (tertiary/aromatic N) is 2. The van der Waals surface area contributed by atoms with Crippen LogP contribution in [-0.2, 0) is 5.54 Å². The van der Waals surface area contributed by atoms with E-state index in [9.17, 15) is 4.79 Å². The molecule has 0 saturated heterocycles. The highest BCUT2D eigenvalue weighted by molar-refractivity contribution is 7.09. The van der Waals surface area contributed by atoms with Crippen LogP contribution in [0.1, 0.15) is 29.3 Å². The molecule has 0 radical (unpaired) electrons. The highest BCUT2D eigenvalue weighted by Gasteiger charge is 2.26. The van der Waals surface area contributed by atoms with Crippen LogP contribution in [0.3, 0.4) is 0 Å². The Morgan fingerprint density at radius 2 is 2.00 bits per heavy atom. The van der Waals surface area contributed by atoms with Gasteiger partial charge in [0.2, 0.25) is 0 Å². The van der Waals surface area contributed by atoms with Crippen LogP contribution in [-0.4, -0.2) is 15.9 Å². The molecule has 3 rings (SSSR count).